The summed E-state index contributed by atoms with van der Waals surface area (Å²) in [6, 6.07) is 1.42. The average Bonchev–Trinajstić information content (AvgIpc) is 2.53. The number of hydrogen-bond acceptors (Lipinski definition) is 5. The number of amides is 1. The third-order valence-corrected chi connectivity index (χ3v) is 5.76. The Hall–Kier alpha value is -1.99. The number of ketones is 1. The van der Waals surface area contributed by atoms with Gasteiger partial charge in [-0.05, 0) is 51.6 Å². The van der Waals surface area contributed by atoms with Gasteiger partial charge in [-0.2, -0.15) is 0 Å². The third kappa shape index (κ3) is 3.59. The minimum atomic E-state index is -0.453. The summed E-state index contributed by atoms with van der Waals surface area (Å²) in [6.45, 7) is 5.80. The van der Waals surface area contributed by atoms with Crippen molar-refractivity contribution in [2.75, 3.05) is 33.2 Å². The molecule has 0 saturated carbocycles. The molecule has 2 N–H and O–H groups in total. The first-order valence-corrected chi connectivity index (χ1v) is 9.11. The number of carbonyl (C=O) groups excluding carboxylic acids is 2. The monoisotopic (exact) mass is 361 g/mol. The molecule has 2 fully saturated rings. The van der Waals surface area contributed by atoms with Crippen molar-refractivity contribution in [3.63, 3.8) is 0 Å². The fourth-order valence-corrected chi connectivity index (χ4v) is 4.49. The first-order valence-electron chi connectivity index (χ1n) is 9.11. The van der Waals surface area contributed by atoms with E-state index < -0.39 is 5.56 Å². The smallest absolute Gasteiger partial charge is 0.261 e. The summed E-state index contributed by atoms with van der Waals surface area (Å²) in [4.78, 5) is 43.2. The Kier molecular flexibility index (Phi) is 5.03. The Labute approximate surface area is 153 Å². The van der Waals surface area contributed by atoms with Gasteiger partial charge in [0.05, 0.1) is 6.10 Å². The van der Waals surface area contributed by atoms with Gasteiger partial charge >= 0.3 is 0 Å². The second-order valence-electron chi connectivity index (χ2n) is 7.95. The maximum Gasteiger partial charge on any atom is 0.261 e. The lowest BCUT2D eigenvalue weighted by molar-refractivity contribution is -0.0286. The Morgan fingerprint density at radius 2 is 1.92 bits per heavy atom. The van der Waals surface area contributed by atoms with E-state index in [0.717, 1.165) is 25.8 Å². The predicted molar refractivity (Wildman–Crippen MR) is 97.5 cm³/mol. The van der Waals surface area contributed by atoms with E-state index in [4.69, 9.17) is 0 Å². The van der Waals surface area contributed by atoms with Gasteiger partial charge in [-0.15, -0.1) is 0 Å². The number of aromatic nitrogens is 1. The molecular formula is C19H27N3O4. The molecule has 1 amide bonds. The van der Waals surface area contributed by atoms with Gasteiger partial charge in [-0.1, -0.05) is 0 Å². The van der Waals surface area contributed by atoms with Gasteiger partial charge in [-0.3, -0.25) is 14.4 Å². The van der Waals surface area contributed by atoms with Crippen molar-refractivity contribution < 1.29 is 14.7 Å². The number of carbonyl (C=O) groups is 2. The number of likely N-dealkylation sites (tertiary alicyclic amines) is 2. The molecular weight excluding hydrogens is 334 g/mol. The van der Waals surface area contributed by atoms with E-state index in [1.807, 2.05) is 7.05 Å². The Bertz CT molecular complexity index is 765. The van der Waals surface area contributed by atoms with Crippen molar-refractivity contribution in [3.8, 4) is 0 Å². The predicted octanol–water partition coefficient (Wildman–Crippen LogP) is 0.805. The summed E-state index contributed by atoms with van der Waals surface area (Å²) in [5, 5.41) is 10.1. The zero-order chi connectivity index (χ0) is 19.1. The fraction of sp³-hybridized carbons (Fsp3) is 0.632. The largest absolute Gasteiger partial charge is 0.392 e. The van der Waals surface area contributed by atoms with Crippen LogP contribution in [0.15, 0.2) is 10.9 Å². The zero-order valence-electron chi connectivity index (χ0n) is 15.7. The molecule has 3 rings (SSSR count). The molecule has 1 unspecified atom stereocenters. The highest BCUT2D eigenvalue weighted by molar-refractivity contribution is 5.99. The van der Waals surface area contributed by atoms with E-state index in [9.17, 15) is 19.5 Å². The Morgan fingerprint density at radius 1 is 1.27 bits per heavy atom. The molecule has 0 aromatic carbocycles. The van der Waals surface area contributed by atoms with E-state index in [1.54, 1.807) is 11.8 Å². The lowest BCUT2D eigenvalue weighted by Crippen LogP contribution is -2.53. The van der Waals surface area contributed by atoms with Gasteiger partial charge in [0.1, 0.15) is 5.56 Å². The summed E-state index contributed by atoms with van der Waals surface area (Å²) < 4.78 is 0. The first-order chi connectivity index (χ1) is 12.2. The number of aliphatic hydroxyl groups is 1. The molecule has 0 bridgehead atoms. The van der Waals surface area contributed by atoms with Crippen LogP contribution in [0.5, 0.6) is 0 Å². The molecule has 2 aliphatic rings. The standard InChI is InChI=1S/C19H27N3O4/c1-12-15(13(2)23)8-16(17(25)20-12)18(26)22-6-4-19(5-7-22)9-14(24)10-21(3)11-19/h8,14,24H,4-7,9-11H2,1-3H3,(H,20,25). The fourth-order valence-electron chi connectivity index (χ4n) is 4.49. The number of aliphatic hydroxyl groups excluding tert-OH is 1. The summed E-state index contributed by atoms with van der Waals surface area (Å²) >= 11 is 0. The van der Waals surface area contributed by atoms with Crippen LogP contribution in [0.1, 0.15) is 52.6 Å². The molecule has 0 radical (unpaired) electrons. The number of nitrogens with zero attached hydrogens (tertiary/aromatic N) is 2. The van der Waals surface area contributed by atoms with Crippen molar-refractivity contribution in [2.24, 2.45) is 5.41 Å². The number of Topliss-reactive ketones (excluding diaryl/α,β-unsaturated/α-hetero) is 1. The molecule has 1 atom stereocenters. The van der Waals surface area contributed by atoms with Crippen LogP contribution in [0.4, 0.5) is 0 Å². The molecule has 0 aliphatic carbocycles. The minimum absolute atomic E-state index is 0.0255. The number of β-amino-alcohol motifs (C(OH)–C–C–N with tert-alkyl or cyclic N) is 1. The van der Waals surface area contributed by atoms with E-state index in [-0.39, 0.29) is 28.8 Å². The van der Waals surface area contributed by atoms with Crippen LogP contribution in [-0.4, -0.2) is 70.9 Å². The van der Waals surface area contributed by atoms with Crippen LogP contribution < -0.4 is 5.56 Å². The molecule has 3 heterocycles. The zero-order valence-corrected chi connectivity index (χ0v) is 15.7. The Morgan fingerprint density at radius 3 is 2.50 bits per heavy atom. The van der Waals surface area contributed by atoms with Crippen molar-refractivity contribution in [1.29, 1.82) is 0 Å². The van der Waals surface area contributed by atoms with Gasteiger partial charge < -0.3 is 19.9 Å². The highest BCUT2D eigenvalue weighted by Gasteiger charge is 2.41. The highest BCUT2D eigenvalue weighted by Crippen LogP contribution is 2.39. The minimum Gasteiger partial charge on any atom is -0.392 e. The lowest BCUT2D eigenvalue weighted by atomic mass is 9.71. The van der Waals surface area contributed by atoms with Crippen LogP contribution in [0.25, 0.3) is 0 Å². The maximum atomic E-state index is 12.8. The quantitative estimate of drug-likeness (QED) is 0.760. The van der Waals surface area contributed by atoms with Crippen molar-refractivity contribution >= 4 is 11.7 Å². The molecule has 26 heavy (non-hydrogen) atoms. The molecule has 1 aromatic heterocycles. The second-order valence-corrected chi connectivity index (χ2v) is 7.95. The van der Waals surface area contributed by atoms with E-state index in [0.29, 0.717) is 30.9 Å². The summed E-state index contributed by atoms with van der Waals surface area (Å²) in [7, 11) is 2.01. The maximum absolute atomic E-state index is 12.8. The number of piperidine rings is 2. The molecule has 1 aromatic rings. The molecule has 2 aliphatic heterocycles. The van der Waals surface area contributed by atoms with Gasteiger partial charge in [0.25, 0.3) is 11.5 Å². The average molecular weight is 361 g/mol. The van der Waals surface area contributed by atoms with Gasteiger partial charge in [0.15, 0.2) is 5.78 Å². The number of hydrogen-bond donors (Lipinski definition) is 2. The summed E-state index contributed by atoms with van der Waals surface area (Å²) in [6.07, 6.45) is 2.06. The van der Waals surface area contributed by atoms with E-state index >= 15 is 0 Å². The number of pyridine rings is 1. The van der Waals surface area contributed by atoms with E-state index in [1.165, 1.54) is 13.0 Å². The number of nitrogens with one attached hydrogen (secondary N) is 1. The SMILES string of the molecule is CC(=O)c1cc(C(=O)N2CCC3(CC2)CC(O)CN(C)C3)c(=O)[nH]c1C. The number of aryl methyl sites for hydroxylation is 1. The van der Waals surface area contributed by atoms with Crippen LogP contribution in [0.3, 0.4) is 0 Å². The molecule has 142 valence electrons. The summed E-state index contributed by atoms with van der Waals surface area (Å²) in [5.74, 6) is -0.502. The molecule has 1 spiro atoms. The van der Waals surface area contributed by atoms with Gasteiger partial charge in [0, 0.05) is 37.4 Å². The van der Waals surface area contributed by atoms with Crippen LogP contribution in [0, 0.1) is 12.3 Å². The van der Waals surface area contributed by atoms with Crippen LogP contribution >= 0.6 is 0 Å². The third-order valence-electron chi connectivity index (χ3n) is 5.76. The summed E-state index contributed by atoms with van der Waals surface area (Å²) in [5.41, 5.74) is 0.463. The Balaban J connectivity index is 1.76. The molecule has 7 heteroatoms. The van der Waals surface area contributed by atoms with E-state index in [2.05, 4.69) is 9.88 Å². The van der Waals surface area contributed by atoms with Gasteiger partial charge in [-0.25, -0.2) is 0 Å². The first kappa shape index (κ1) is 18.8. The molecule has 2 saturated heterocycles. The highest BCUT2D eigenvalue weighted by atomic mass is 16.3. The van der Waals surface area contributed by atoms with Crippen LogP contribution in [-0.2, 0) is 0 Å². The second kappa shape index (κ2) is 6.96. The normalized spacial score (nSPS) is 23.2. The van der Waals surface area contributed by atoms with Crippen molar-refractivity contribution in [1.82, 2.24) is 14.8 Å². The number of likely N-dealkylation sites (N-methyl/N-ethyl adjacent to an activating group) is 1. The van der Waals surface area contributed by atoms with Crippen molar-refractivity contribution in [3.05, 3.63) is 33.2 Å². The lowest BCUT2D eigenvalue weighted by Gasteiger charge is -2.48. The van der Waals surface area contributed by atoms with Crippen molar-refractivity contribution in [2.45, 2.75) is 39.2 Å². The number of H-pyrrole nitrogens is 1. The number of rotatable bonds is 2. The number of aromatic amines is 1. The van der Waals surface area contributed by atoms with Crippen LogP contribution in [0.2, 0.25) is 0 Å². The molecule has 7 nitrogen and oxygen atoms in total. The van der Waals surface area contributed by atoms with Gasteiger partial charge in [0.2, 0.25) is 0 Å². The topological polar surface area (TPSA) is 93.7 Å².